The molecule has 0 unspecified atom stereocenters. The number of carbonyl (C=O) groups is 1. The molecule has 0 radical (unpaired) electrons. The lowest BCUT2D eigenvalue weighted by atomic mass is 9.96. The molecule has 0 saturated heterocycles. The van der Waals surface area contributed by atoms with Gasteiger partial charge in [-0.15, -0.1) is 0 Å². The standard InChI is InChI=1S/C27H25ClN2O2S/c1-18(31)32-27(2,3)21-12-10-19(11-13-21)24-26(33-23-16-14-22(28)15-17-23)30(4)25(29-24)20-8-6-5-7-9-20/h5-17H,1-4H3. The third-order valence-corrected chi connectivity index (χ3v) is 6.78. The molecule has 0 aliphatic rings. The summed E-state index contributed by atoms with van der Waals surface area (Å²) in [6.07, 6.45) is 0. The molecule has 6 heteroatoms. The molecule has 0 spiro atoms. The summed E-state index contributed by atoms with van der Waals surface area (Å²) in [5.74, 6) is 0.592. The van der Waals surface area contributed by atoms with E-state index in [4.69, 9.17) is 21.3 Å². The van der Waals surface area contributed by atoms with Crippen LogP contribution in [0.4, 0.5) is 0 Å². The van der Waals surface area contributed by atoms with Crippen LogP contribution in [0.25, 0.3) is 22.6 Å². The summed E-state index contributed by atoms with van der Waals surface area (Å²) >= 11 is 7.73. The Hall–Kier alpha value is -3.02. The first-order valence-electron chi connectivity index (χ1n) is 10.6. The van der Waals surface area contributed by atoms with Gasteiger partial charge in [-0.2, -0.15) is 0 Å². The van der Waals surface area contributed by atoms with Crippen molar-refractivity contribution in [3.63, 3.8) is 0 Å². The highest BCUT2D eigenvalue weighted by Gasteiger charge is 2.25. The van der Waals surface area contributed by atoms with Crippen LogP contribution in [0.15, 0.2) is 88.8 Å². The summed E-state index contributed by atoms with van der Waals surface area (Å²) in [7, 11) is 2.04. The van der Waals surface area contributed by atoms with Gasteiger partial charge in [0.15, 0.2) is 0 Å². The Morgan fingerprint density at radius 1 is 0.939 bits per heavy atom. The predicted molar refractivity (Wildman–Crippen MR) is 134 cm³/mol. The van der Waals surface area contributed by atoms with E-state index in [9.17, 15) is 4.79 Å². The van der Waals surface area contributed by atoms with Crippen LogP contribution >= 0.6 is 23.4 Å². The Morgan fingerprint density at radius 2 is 1.58 bits per heavy atom. The summed E-state index contributed by atoms with van der Waals surface area (Å²) in [6.45, 7) is 5.20. The second-order valence-corrected chi connectivity index (χ2v) is 9.75. The lowest BCUT2D eigenvalue weighted by Gasteiger charge is -2.25. The largest absolute Gasteiger partial charge is 0.455 e. The first-order chi connectivity index (χ1) is 15.7. The van der Waals surface area contributed by atoms with E-state index in [0.29, 0.717) is 5.02 Å². The van der Waals surface area contributed by atoms with E-state index in [2.05, 4.69) is 16.7 Å². The molecular weight excluding hydrogens is 452 g/mol. The number of hydrogen-bond acceptors (Lipinski definition) is 4. The Kier molecular flexibility index (Phi) is 6.63. The summed E-state index contributed by atoms with van der Waals surface area (Å²) in [6, 6.07) is 26.0. The van der Waals surface area contributed by atoms with E-state index in [-0.39, 0.29) is 5.97 Å². The smallest absolute Gasteiger partial charge is 0.303 e. The fourth-order valence-corrected chi connectivity index (χ4v) is 4.80. The van der Waals surface area contributed by atoms with Gasteiger partial charge in [0.25, 0.3) is 0 Å². The Labute approximate surface area is 203 Å². The van der Waals surface area contributed by atoms with Crippen LogP contribution in [-0.4, -0.2) is 15.5 Å². The molecule has 4 nitrogen and oxygen atoms in total. The minimum Gasteiger partial charge on any atom is -0.455 e. The third-order valence-electron chi connectivity index (χ3n) is 5.36. The molecule has 4 aromatic rings. The Bertz CT molecular complexity index is 1260. The molecule has 168 valence electrons. The normalized spacial score (nSPS) is 11.4. The number of nitrogens with zero attached hydrogens (tertiary/aromatic N) is 2. The van der Waals surface area contributed by atoms with Crippen LogP contribution in [0.1, 0.15) is 26.3 Å². The number of imidazole rings is 1. The first kappa shape index (κ1) is 23.1. The number of esters is 1. The number of carbonyl (C=O) groups excluding carboxylic acids is 1. The second-order valence-electron chi connectivity index (χ2n) is 8.25. The van der Waals surface area contributed by atoms with Crippen molar-refractivity contribution in [1.82, 2.24) is 9.55 Å². The molecule has 0 bridgehead atoms. The fraction of sp³-hybridized carbons (Fsp3) is 0.185. The molecule has 4 rings (SSSR count). The molecule has 0 amide bonds. The first-order valence-corrected chi connectivity index (χ1v) is 11.8. The maximum absolute atomic E-state index is 11.5. The van der Waals surface area contributed by atoms with E-state index in [1.54, 1.807) is 11.8 Å². The molecule has 33 heavy (non-hydrogen) atoms. The third kappa shape index (κ3) is 5.15. The fourth-order valence-electron chi connectivity index (χ4n) is 3.70. The van der Waals surface area contributed by atoms with Crippen LogP contribution in [0.3, 0.4) is 0 Å². The average molecular weight is 477 g/mol. The van der Waals surface area contributed by atoms with Gasteiger partial charge in [-0.1, -0.05) is 78.0 Å². The maximum atomic E-state index is 11.5. The highest BCUT2D eigenvalue weighted by atomic mass is 35.5. The van der Waals surface area contributed by atoms with Gasteiger partial charge in [0.2, 0.25) is 0 Å². The van der Waals surface area contributed by atoms with Gasteiger partial charge < -0.3 is 9.30 Å². The van der Waals surface area contributed by atoms with Crippen LogP contribution in [0.5, 0.6) is 0 Å². The van der Waals surface area contributed by atoms with Crippen molar-refractivity contribution < 1.29 is 9.53 Å². The van der Waals surface area contributed by atoms with Crippen LogP contribution in [0, 0.1) is 0 Å². The van der Waals surface area contributed by atoms with Gasteiger partial charge in [0.1, 0.15) is 22.1 Å². The molecular formula is C27H25ClN2O2S. The lowest BCUT2D eigenvalue weighted by Crippen LogP contribution is -2.24. The van der Waals surface area contributed by atoms with Crippen LogP contribution in [0.2, 0.25) is 5.02 Å². The average Bonchev–Trinajstić information content (AvgIpc) is 3.11. The molecule has 1 heterocycles. The quantitative estimate of drug-likeness (QED) is 0.273. The molecule has 0 fully saturated rings. The number of halogens is 1. The topological polar surface area (TPSA) is 44.1 Å². The molecule has 0 aliphatic heterocycles. The van der Waals surface area contributed by atoms with E-state index in [1.165, 1.54) is 6.92 Å². The minimum absolute atomic E-state index is 0.303. The van der Waals surface area contributed by atoms with E-state index in [1.807, 2.05) is 87.6 Å². The number of rotatable bonds is 6. The van der Waals surface area contributed by atoms with Gasteiger partial charge >= 0.3 is 5.97 Å². The highest BCUT2D eigenvalue weighted by molar-refractivity contribution is 7.99. The number of aromatic nitrogens is 2. The van der Waals surface area contributed by atoms with Gasteiger partial charge in [0.05, 0.1) is 0 Å². The lowest BCUT2D eigenvalue weighted by molar-refractivity contribution is -0.154. The zero-order valence-corrected chi connectivity index (χ0v) is 20.6. The van der Waals surface area contributed by atoms with Crippen LogP contribution in [-0.2, 0) is 22.2 Å². The molecule has 1 aromatic heterocycles. The predicted octanol–water partition coefficient (Wildman–Crippen LogP) is 7.36. The summed E-state index contributed by atoms with van der Waals surface area (Å²) in [5.41, 5.74) is 3.16. The van der Waals surface area contributed by atoms with Gasteiger partial charge in [-0.05, 0) is 43.7 Å². The Morgan fingerprint density at radius 3 is 2.18 bits per heavy atom. The van der Waals surface area contributed by atoms with Crippen molar-refractivity contribution in [2.75, 3.05) is 0 Å². The molecule has 0 aliphatic carbocycles. The molecule has 0 atom stereocenters. The van der Waals surface area contributed by atoms with Crippen molar-refractivity contribution in [1.29, 1.82) is 0 Å². The van der Waals surface area contributed by atoms with E-state index >= 15 is 0 Å². The SMILES string of the molecule is CC(=O)OC(C)(C)c1ccc(-c2nc(-c3ccccc3)n(C)c2Sc2ccc(Cl)cc2)cc1. The van der Waals surface area contributed by atoms with Gasteiger partial charge in [-0.3, -0.25) is 4.79 Å². The zero-order chi connectivity index (χ0) is 23.6. The second kappa shape index (κ2) is 9.46. The van der Waals surface area contributed by atoms with E-state index in [0.717, 1.165) is 38.1 Å². The van der Waals surface area contributed by atoms with Crippen molar-refractivity contribution in [3.8, 4) is 22.6 Å². The summed E-state index contributed by atoms with van der Waals surface area (Å²) in [4.78, 5) is 17.6. The Balaban J connectivity index is 1.78. The van der Waals surface area contributed by atoms with Crippen LogP contribution < -0.4 is 0 Å². The maximum Gasteiger partial charge on any atom is 0.303 e. The molecule has 0 N–H and O–H groups in total. The summed E-state index contributed by atoms with van der Waals surface area (Å²) in [5, 5.41) is 1.74. The van der Waals surface area contributed by atoms with E-state index < -0.39 is 5.60 Å². The zero-order valence-electron chi connectivity index (χ0n) is 19.0. The van der Waals surface area contributed by atoms with Crippen molar-refractivity contribution in [2.45, 2.75) is 36.3 Å². The molecule has 0 saturated carbocycles. The molecule has 3 aromatic carbocycles. The van der Waals surface area contributed by atoms with Crippen molar-refractivity contribution in [3.05, 3.63) is 89.4 Å². The number of benzene rings is 3. The van der Waals surface area contributed by atoms with Gasteiger partial charge in [-0.25, -0.2) is 4.98 Å². The highest BCUT2D eigenvalue weighted by Crippen LogP contribution is 2.39. The van der Waals surface area contributed by atoms with Gasteiger partial charge in [0, 0.05) is 35.0 Å². The number of ether oxygens (including phenoxy) is 1. The monoisotopic (exact) mass is 476 g/mol. The minimum atomic E-state index is -0.704. The summed E-state index contributed by atoms with van der Waals surface area (Å²) < 4.78 is 7.61. The van der Waals surface area contributed by atoms with Crippen molar-refractivity contribution in [2.24, 2.45) is 7.05 Å². The van der Waals surface area contributed by atoms with Crippen molar-refractivity contribution >= 4 is 29.3 Å². The number of hydrogen-bond donors (Lipinski definition) is 0.